The quantitative estimate of drug-likeness (QED) is 0.608. The topological polar surface area (TPSA) is 20.2 Å². The van der Waals surface area contributed by atoms with E-state index in [1.54, 1.807) is 0 Å². The summed E-state index contributed by atoms with van der Waals surface area (Å²) < 4.78 is 0. The van der Waals surface area contributed by atoms with Gasteiger partial charge in [0.1, 0.15) is 5.75 Å². The van der Waals surface area contributed by atoms with Crippen LogP contribution in [0, 0.1) is 5.92 Å². The molecule has 1 N–H and O–H groups in total. The highest BCUT2D eigenvalue weighted by Crippen LogP contribution is 2.30. The molecule has 0 saturated heterocycles. The molecule has 3 rings (SSSR count). The Hall–Kier alpha value is -2.54. The molecule has 0 aliphatic carbocycles. The number of phenols is 1. The molecule has 0 aliphatic rings. The molecule has 0 unspecified atom stereocenters. The average Bonchev–Trinajstić information content (AvgIpc) is 2.60. The Kier molecular flexibility index (Phi) is 5.55. The Morgan fingerprint density at radius 1 is 0.680 bits per heavy atom. The van der Waals surface area contributed by atoms with Gasteiger partial charge in [-0.25, -0.2) is 0 Å². The van der Waals surface area contributed by atoms with Gasteiger partial charge in [0.05, 0.1) is 0 Å². The lowest BCUT2D eigenvalue weighted by molar-refractivity contribution is 0.463. The summed E-state index contributed by atoms with van der Waals surface area (Å²) in [5.41, 5.74) is 5.81. The third-order valence-electron chi connectivity index (χ3n) is 4.45. The van der Waals surface area contributed by atoms with Crippen LogP contribution in [0.2, 0.25) is 0 Å². The minimum absolute atomic E-state index is 0.445. The summed E-state index contributed by atoms with van der Waals surface area (Å²) in [6.07, 6.45) is 2.56. The second-order valence-corrected chi connectivity index (χ2v) is 7.19. The molecule has 1 nitrogen and oxygen atoms in total. The highest BCUT2D eigenvalue weighted by molar-refractivity contribution is 5.48. The fourth-order valence-electron chi connectivity index (χ4n) is 3.32. The van der Waals surface area contributed by atoms with E-state index in [1.807, 2.05) is 12.1 Å². The third kappa shape index (κ3) is 4.73. The van der Waals surface area contributed by atoms with Crippen LogP contribution < -0.4 is 0 Å². The number of rotatable bonds is 6. The van der Waals surface area contributed by atoms with E-state index in [-0.39, 0.29) is 0 Å². The summed E-state index contributed by atoms with van der Waals surface area (Å²) in [6.45, 7) is 4.47. The Labute approximate surface area is 151 Å². The monoisotopic (exact) mass is 330 g/mol. The first-order valence-electron chi connectivity index (χ1n) is 9.03. The van der Waals surface area contributed by atoms with Crippen molar-refractivity contribution in [3.8, 4) is 5.75 Å². The molecule has 0 aromatic heterocycles. The van der Waals surface area contributed by atoms with Crippen LogP contribution in [-0.4, -0.2) is 5.11 Å². The standard InChI is InChI=1S/C24H26O/c1-18(2)13-21-16-22(14-19-9-5-3-6-10-19)24(25)23(17-21)15-20-11-7-4-8-12-20/h3-12,16-18,25H,13-15H2,1-2H3. The van der Waals surface area contributed by atoms with E-state index in [1.165, 1.54) is 16.7 Å². The highest BCUT2D eigenvalue weighted by atomic mass is 16.3. The van der Waals surface area contributed by atoms with Crippen molar-refractivity contribution in [3.05, 3.63) is 101 Å². The summed E-state index contributed by atoms with van der Waals surface area (Å²) in [5.74, 6) is 1.04. The summed E-state index contributed by atoms with van der Waals surface area (Å²) in [6, 6.07) is 25.1. The molecule has 128 valence electrons. The molecule has 3 aromatic rings. The SMILES string of the molecule is CC(C)Cc1cc(Cc2ccccc2)c(O)c(Cc2ccccc2)c1. The van der Waals surface area contributed by atoms with E-state index < -0.39 is 0 Å². The smallest absolute Gasteiger partial charge is 0.122 e. The molecule has 0 bridgehead atoms. The summed E-state index contributed by atoms with van der Waals surface area (Å²) >= 11 is 0. The van der Waals surface area contributed by atoms with Gasteiger partial charge in [-0.05, 0) is 40.2 Å². The first-order valence-corrected chi connectivity index (χ1v) is 9.03. The molecule has 0 fully saturated rings. The lowest BCUT2D eigenvalue weighted by atomic mass is 9.92. The van der Waals surface area contributed by atoms with E-state index in [0.717, 1.165) is 30.4 Å². The number of aromatic hydroxyl groups is 1. The zero-order valence-corrected chi connectivity index (χ0v) is 15.1. The molecule has 1 heteroatoms. The van der Waals surface area contributed by atoms with Crippen LogP contribution in [-0.2, 0) is 19.3 Å². The molecule has 0 atom stereocenters. The normalized spacial score (nSPS) is 11.0. The maximum absolute atomic E-state index is 10.9. The number of benzene rings is 3. The van der Waals surface area contributed by atoms with Crippen molar-refractivity contribution in [2.24, 2.45) is 5.92 Å². The van der Waals surface area contributed by atoms with Crippen LogP contribution in [0.15, 0.2) is 72.8 Å². The van der Waals surface area contributed by atoms with Crippen molar-refractivity contribution < 1.29 is 5.11 Å². The zero-order valence-electron chi connectivity index (χ0n) is 15.1. The predicted octanol–water partition coefficient (Wildman–Crippen LogP) is 5.77. The molecule has 0 heterocycles. The minimum atomic E-state index is 0.445. The molecule has 0 aliphatic heterocycles. The first kappa shape index (κ1) is 17.3. The van der Waals surface area contributed by atoms with E-state index in [9.17, 15) is 5.11 Å². The lowest BCUT2D eigenvalue weighted by Gasteiger charge is -2.15. The summed E-state index contributed by atoms with van der Waals surface area (Å²) in [5, 5.41) is 10.9. The molecule has 0 radical (unpaired) electrons. The maximum Gasteiger partial charge on any atom is 0.122 e. The molecule has 0 amide bonds. The van der Waals surface area contributed by atoms with Crippen molar-refractivity contribution in [3.63, 3.8) is 0 Å². The largest absolute Gasteiger partial charge is 0.507 e. The minimum Gasteiger partial charge on any atom is -0.507 e. The fourth-order valence-corrected chi connectivity index (χ4v) is 3.32. The van der Waals surface area contributed by atoms with Crippen LogP contribution in [0.5, 0.6) is 5.75 Å². The van der Waals surface area contributed by atoms with Gasteiger partial charge in [0.15, 0.2) is 0 Å². The van der Waals surface area contributed by atoms with E-state index in [2.05, 4.69) is 74.5 Å². The maximum atomic E-state index is 10.9. The van der Waals surface area contributed by atoms with Gasteiger partial charge in [0, 0.05) is 12.8 Å². The number of phenolic OH excluding ortho intramolecular Hbond substituents is 1. The van der Waals surface area contributed by atoms with Crippen LogP contribution in [0.3, 0.4) is 0 Å². The van der Waals surface area contributed by atoms with Crippen LogP contribution in [0.4, 0.5) is 0 Å². The van der Waals surface area contributed by atoms with Crippen molar-refractivity contribution >= 4 is 0 Å². The highest BCUT2D eigenvalue weighted by Gasteiger charge is 2.12. The second kappa shape index (κ2) is 8.02. The molecule has 0 spiro atoms. The predicted molar refractivity (Wildman–Crippen MR) is 105 cm³/mol. The Balaban J connectivity index is 1.96. The molecular formula is C24H26O. The first-order chi connectivity index (χ1) is 12.1. The van der Waals surface area contributed by atoms with Crippen LogP contribution in [0.25, 0.3) is 0 Å². The van der Waals surface area contributed by atoms with Crippen molar-refractivity contribution in [2.45, 2.75) is 33.1 Å². The van der Waals surface area contributed by atoms with Gasteiger partial charge >= 0.3 is 0 Å². The molecular weight excluding hydrogens is 304 g/mol. The summed E-state index contributed by atoms with van der Waals surface area (Å²) in [7, 11) is 0. The summed E-state index contributed by atoms with van der Waals surface area (Å²) in [4.78, 5) is 0. The van der Waals surface area contributed by atoms with Crippen molar-refractivity contribution in [1.82, 2.24) is 0 Å². The van der Waals surface area contributed by atoms with Crippen molar-refractivity contribution in [2.75, 3.05) is 0 Å². The Morgan fingerprint density at radius 3 is 1.52 bits per heavy atom. The Morgan fingerprint density at radius 2 is 1.12 bits per heavy atom. The van der Waals surface area contributed by atoms with Gasteiger partial charge in [-0.2, -0.15) is 0 Å². The van der Waals surface area contributed by atoms with E-state index >= 15 is 0 Å². The molecule has 0 saturated carbocycles. The van der Waals surface area contributed by atoms with Crippen molar-refractivity contribution in [1.29, 1.82) is 0 Å². The fraction of sp³-hybridized carbons (Fsp3) is 0.250. The third-order valence-corrected chi connectivity index (χ3v) is 4.45. The average molecular weight is 330 g/mol. The van der Waals surface area contributed by atoms with E-state index in [4.69, 9.17) is 0 Å². The molecule has 25 heavy (non-hydrogen) atoms. The van der Waals surface area contributed by atoms with Gasteiger partial charge in [0.2, 0.25) is 0 Å². The van der Waals surface area contributed by atoms with Crippen LogP contribution in [0.1, 0.15) is 41.7 Å². The van der Waals surface area contributed by atoms with Gasteiger partial charge < -0.3 is 5.11 Å². The van der Waals surface area contributed by atoms with Gasteiger partial charge in [-0.15, -0.1) is 0 Å². The van der Waals surface area contributed by atoms with Crippen LogP contribution >= 0.6 is 0 Å². The Bertz CT molecular complexity index is 742. The lowest BCUT2D eigenvalue weighted by Crippen LogP contribution is -2.01. The van der Waals surface area contributed by atoms with E-state index in [0.29, 0.717) is 11.7 Å². The second-order valence-electron chi connectivity index (χ2n) is 7.19. The van der Waals surface area contributed by atoms with Gasteiger partial charge in [0.25, 0.3) is 0 Å². The molecule has 3 aromatic carbocycles. The number of hydrogen-bond donors (Lipinski definition) is 1. The van der Waals surface area contributed by atoms with Gasteiger partial charge in [-0.1, -0.05) is 86.6 Å². The zero-order chi connectivity index (χ0) is 17.6. The van der Waals surface area contributed by atoms with Gasteiger partial charge in [-0.3, -0.25) is 0 Å². The number of hydrogen-bond acceptors (Lipinski definition) is 1.